The zero-order valence-corrected chi connectivity index (χ0v) is 10.5. The van der Waals surface area contributed by atoms with Gasteiger partial charge in [-0.2, -0.15) is 8.42 Å². The Bertz CT molecular complexity index is 559. The van der Waals surface area contributed by atoms with Crippen LogP contribution in [0.4, 0.5) is 5.69 Å². The molecule has 0 aromatic heterocycles. The van der Waals surface area contributed by atoms with Crippen molar-refractivity contribution < 1.29 is 23.2 Å². The molecule has 8 nitrogen and oxygen atoms in total. The Balaban J connectivity index is 0.000000342. The van der Waals surface area contributed by atoms with Gasteiger partial charge < -0.3 is 10.8 Å². The number of non-ortho nitro benzene ring substituents is 1. The van der Waals surface area contributed by atoms with E-state index in [2.05, 4.69) is 0 Å². The maximum Gasteiger partial charge on any atom is 0.347 e. The van der Waals surface area contributed by atoms with Crippen LogP contribution < -0.4 is 5.73 Å². The molecule has 0 bridgehead atoms. The third-order valence-electron chi connectivity index (χ3n) is 1.78. The number of para-hydroxylation sites is 1. The summed E-state index contributed by atoms with van der Waals surface area (Å²) >= 11 is 0. The number of hydrogen-bond acceptors (Lipinski definition) is 6. The summed E-state index contributed by atoms with van der Waals surface area (Å²) in [5.41, 5.74) is 5.08. The van der Waals surface area contributed by atoms with Gasteiger partial charge in [-0.3, -0.25) is 10.1 Å². The van der Waals surface area contributed by atoms with Gasteiger partial charge >= 0.3 is 5.97 Å². The van der Waals surface area contributed by atoms with E-state index in [4.69, 9.17) is 10.8 Å². The van der Waals surface area contributed by atoms with Crippen LogP contribution >= 0.6 is 0 Å². The minimum atomic E-state index is -2.65. The standard InChI is InChI=1S/C6H5NO2.C4H7NO4S/c8-7(9)6-4-2-1-3-5-6;5-2-1-3(4(6)7)10(8)9/h1-5H;1-2,5H2,(H,6,7). The minimum absolute atomic E-state index is 0.0234. The molecular formula is C10H12N2O6S. The van der Waals surface area contributed by atoms with Gasteiger partial charge in [0.25, 0.3) is 5.69 Å². The van der Waals surface area contributed by atoms with Gasteiger partial charge in [-0.15, -0.1) is 0 Å². The molecule has 1 aromatic carbocycles. The summed E-state index contributed by atoms with van der Waals surface area (Å²) in [4.78, 5) is 19.1. The van der Waals surface area contributed by atoms with Gasteiger partial charge in [-0.25, -0.2) is 4.79 Å². The lowest BCUT2D eigenvalue weighted by molar-refractivity contribution is -0.384. The van der Waals surface area contributed by atoms with E-state index in [1.807, 2.05) is 0 Å². The number of nitrogens with zero attached hydrogens (tertiary/aromatic N) is 1. The molecule has 0 aliphatic carbocycles. The Hall–Kier alpha value is -2.26. The van der Waals surface area contributed by atoms with Gasteiger partial charge in [-0.1, -0.05) is 18.2 Å². The molecule has 0 saturated carbocycles. The topological polar surface area (TPSA) is 141 Å². The van der Waals surface area contributed by atoms with E-state index >= 15 is 0 Å². The highest BCUT2D eigenvalue weighted by Gasteiger charge is 2.08. The molecule has 0 radical (unpaired) electrons. The highest BCUT2D eigenvalue weighted by atomic mass is 32.2. The Morgan fingerprint density at radius 1 is 1.32 bits per heavy atom. The molecule has 0 aliphatic heterocycles. The second-order valence-electron chi connectivity index (χ2n) is 3.09. The van der Waals surface area contributed by atoms with Crippen LogP contribution in [-0.2, 0) is 15.1 Å². The number of nitrogens with two attached hydrogens (primary N) is 1. The zero-order chi connectivity index (χ0) is 14.8. The zero-order valence-electron chi connectivity index (χ0n) is 9.72. The number of carboxylic acids is 1. The van der Waals surface area contributed by atoms with E-state index in [1.165, 1.54) is 12.1 Å². The molecule has 0 atom stereocenters. The van der Waals surface area contributed by atoms with Crippen LogP contribution in [0.1, 0.15) is 6.42 Å². The van der Waals surface area contributed by atoms with Gasteiger partial charge in [0.05, 0.1) is 4.92 Å². The van der Waals surface area contributed by atoms with Gasteiger partial charge in [0.15, 0.2) is 4.86 Å². The molecule has 0 spiro atoms. The lowest BCUT2D eigenvalue weighted by atomic mass is 10.3. The third kappa shape index (κ3) is 6.91. The van der Waals surface area contributed by atoms with Crippen molar-refractivity contribution in [2.24, 2.45) is 5.73 Å². The van der Waals surface area contributed by atoms with Crippen LogP contribution in [-0.4, -0.2) is 35.8 Å². The molecule has 1 aromatic rings. The van der Waals surface area contributed by atoms with Crippen LogP contribution in [0.15, 0.2) is 30.3 Å². The van der Waals surface area contributed by atoms with E-state index in [1.54, 1.807) is 18.2 Å². The second-order valence-corrected chi connectivity index (χ2v) is 4.06. The second kappa shape index (κ2) is 8.78. The van der Waals surface area contributed by atoms with Crippen LogP contribution in [0.25, 0.3) is 0 Å². The number of carbonyl (C=O) groups is 1. The molecule has 0 aliphatic rings. The lowest BCUT2D eigenvalue weighted by Crippen LogP contribution is -2.18. The fourth-order valence-corrected chi connectivity index (χ4v) is 1.37. The number of nitro benzene ring substituents is 1. The predicted molar refractivity (Wildman–Crippen MR) is 68.3 cm³/mol. The first-order valence-electron chi connectivity index (χ1n) is 4.98. The number of nitro groups is 1. The maximum atomic E-state index is 10.1. The fourth-order valence-electron chi connectivity index (χ4n) is 0.942. The normalized spacial score (nSPS) is 8.89. The van der Waals surface area contributed by atoms with Gasteiger partial charge in [0.2, 0.25) is 10.3 Å². The van der Waals surface area contributed by atoms with Crippen LogP contribution in [0.3, 0.4) is 0 Å². The Morgan fingerprint density at radius 2 is 1.84 bits per heavy atom. The number of carboxylic acid groups (broad SMARTS) is 1. The van der Waals surface area contributed by atoms with Crippen molar-refractivity contribution in [2.45, 2.75) is 6.42 Å². The first kappa shape index (κ1) is 16.7. The van der Waals surface area contributed by atoms with E-state index < -0.39 is 26.1 Å². The molecule has 0 fully saturated rings. The first-order valence-corrected chi connectivity index (χ1v) is 6.05. The van der Waals surface area contributed by atoms with Crippen molar-refractivity contribution in [2.75, 3.05) is 6.54 Å². The summed E-state index contributed by atoms with van der Waals surface area (Å²) < 4.78 is 20.1. The van der Waals surface area contributed by atoms with Gasteiger partial charge in [0.1, 0.15) is 0 Å². The maximum absolute atomic E-state index is 10.1. The van der Waals surface area contributed by atoms with Crippen molar-refractivity contribution in [3.05, 3.63) is 40.4 Å². The largest absolute Gasteiger partial charge is 0.477 e. The average molecular weight is 288 g/mol. The minimum Gasteiger partial charge on any atom is -0.477 e. The molecule has 0 unspecified atom stereocenters. The third-order valence-corrected chi connectivity index (χ3v) is 2.56. The average Bonchev–Trinajstić information content (AvgIpc) is 2.37. The summed E-state index contributed by atoms with van der Waals surface area (Å²) in [7, 11) is -2.65. The molecule has 0 saturated heterocycles. The Kier molecular flexibility index (Phi) is 7.73. The molecule has 104 valence electrons. The van der Waals surface area contributed by atoms with Crippen LogP contribution in [0.5, 0.6) is 0 Å². The summed E-state index contributed by atoms with van der Waals surface area (Å²) in [6, 6.07) is 7.93. The van der Waals surface area contributed by atoms with Crippen molar-refractivity contribution in [1.29, 1.82) is 0 Å². The summed E-state index contributed by atoms with van der Waals surface area (Å²) in [5.74, 6) is -1.43. The highest BCUT2D eigenvalue weighted by Crippen LogP contribution is 2.06. The summed E-state index contributed by atoms with van der Waals surface area (Å²) in [6.07, 6.45) is -0.120. The van der Waals surface area contributed by atoms with Crippen molar-refractivity contribution in [1.82, 2.24) is 0 Å². The quantitative estimate of drug-likeness (QED) is 0.453. The first-order chi connectivity index (χ1) is 8.90. The number of hydrogen-bond donors (Lipinski definition) is 2. The van der Waals surface area contributed by atoms with E-state index in [-0.39, 0.29) is 18.7 Å². The van der Waals surface area contributed by atoms with Crippen molar-refractivity contribution >= 4 is 26.8 Å². The van der Waals surface area contributed by atoms with E-state index in [9.17, 15) is 23.3 Å². The molecule has 19 heavy (non-hydrogen) atoms. The molecule has 0 heterocycles. The van der Waals surface area contributed by atoms with Crippen LogP contribution in [0, 0.1) is 10.1 Å². The van der Waals surface area contributed by atoms with Crippen molar-refractivity contribution in [3.63, 3.8) is 0 Å². The Morgan fingerprint density at radius 3 is 2.05 bits per heavy atom. The SMILES string of the molecule is NCCC(C(=O)O)=S(=O)=O.O=[N+]([O-])c1ccccc1. The summed E-state index contributed by atoms with van der Waals surface area (Å²) in [5, 5.41) is 18.2. The molecule has 3 N–H and O–H groups in total. The molecule has 0 amide bonds. The monoisotopic (exact) mass is 288 g/mol. The lowest BCUT2D eigenvalue weighted by Gasteiger charge is -1.89. The summed E-state index contributed by atoms with van der Waals surface area (Å²) in [6.45, 7) is 0.0234. The number of rotatable bonds is 4. The van der Waals surface area contributed by atoms with Crippen molar-refractivity contribution in [3.8, 4) is 0 Å². The smallest absolute Gasteiger partial charge is 0.347 e. The van der Waals surface area contributed by atoms with E-state index in [0.717, 1.165) is 0 Å². The number of benzene rings is 1. The molecular weight excluding hydrogens is 276 g/mol. The Labute approximate surface area is 110 Å². The molecule has 9 heteroatoms. The predicted octanol–water partition coefficient (Wildman–Crippen LogP) is 0.0661. The fraction of sp³-hybridized carbons (Fsp3) is 0.200. The van der Waals surface area contributed by atoms with Gasteiger partial charge in [-0.05, 0) is 6.54 Å². The van der Waals surface area contributed by atoms with Gasteiger partial charge in [0, 0.05) is 18.6 Å². The van der Waals surface area contributed by atoms with E-state index in [0.29, 0.717) is 0 Å². The molecule has 1 rings (SSSR count). The number of aliphatic carboxylic acids is 1. The van der Waals surface area contributed by atoms with Crippen LogP contribution in [0.2, 0.25) is 0 Å². The highest BCUT2D eigenvalue weighted by molar-refractivity contribution is 7.74.